The second-order valence-electron chi connectivity index (χ2n) is 6.85. The highest BCUT2D eigenvalue weighted by Crippen LogP contribution is 2.41. The van der Waals surface area contributed by atoms with E-state index in [4.69, 9.17) is 0 Å². The van der Waals surface area contributed by atoms with Crippen molar-refractivity contribution >= 4 is 11.6 Å². The number of aromatic nitrogens is 2. The van der Waals surface area contributed by atoms with E-state index in [9.17, 15) is 19.3 Å². The Labute approximate surface area is 160 Å². The van der Waals surface area contributed by atoms with Crippen LogP contribution in [0.15, 0.2) is 54.7 Å². The largest absolute Gasteiger partial charge is 0.349 e. The number of non-ortho nitro benzene ring substituents is 1. The predicted octanol–water partition coefficient (Wildman–Crippen LogP) is 3.42. The third-order valence-electron chi connectivity index (χ3n) is 4.81. The third-order valence-corrected chi connectivity index (χ3v) is 4.81. The SMILES string of the molecule is Cn1cc(C(=O)N[C@H]2C[C@H]2c2cccc(F)c2)c(-c2ccc([N+](=O)[O-])cc2)n1. The van der Waals surface area contributed by atoms with Crippen molar-refractivity contribution in [1.29, 1.82) is 0 Å². The van der Waals surface area contributed by atoms with Crippen molar-refractivity contribution in [3.63, 3.8) is 0 Å². The molecule has 1 saturated carbocycles. The molecular weight excluding hydrogens is 363 g/mol. The number of benzene rings is 2. The Kier molecular flexibility index (Phi) is 4.38. The Morgan fingerprint density at radius 1 is 1.29 bits per heavy atom. The average Bonchev–Trinajstić information content (AvgIpc) is 3.32. The molecule has 3 aromatic rings. The highest BCUT2D eigenvalue weighted by atomic mass is 19.1. The van der Waals surface area contributed by atoms with E-state index in [-0.39, 0.29) is 29.4 Å². The van der Waals surface area contributed by atoms with Crippen molar-refractivity contribution in [3.05, 3.63) is 81.8 Å². The van der Waals surface area contributed by atoms with E-state index < -0.39 is 4.92 Å². The number of nitro groups is 1. The first-order chi connectivity index (χ1) is 13.4. The van der Waals surface area contributed by atoms with Crippen LogP contribution in [0.25, 0.3) is 11.3 Å². The number of carbonyl (C=O) groups excluding carboxylic acids is 1. The lowest BCUT2D eigenvalue weighted by molar-refractivity contribution is -0.384. The number of rotatable bonds is 5. The van der Waals surface area contributed by atoms with Gasteiger partial charge in [-0.2, -0.15) is 5.10 Å². The van der Waals surface area contributed by atoms with E-state index in [1.54, 1.807) is 31.4 Å². The first-order valence-corrected chi connectivity index (χ1v) is 8.77. The molecule has 0 radical (unpaired) electrons. The van der Waals surface area contributed by atoms with Gasteiger partial charge in [-0.3, -0.25) is 19.6 Å². The molecule has 1 fully saturated rings. The fourth-order valence-corrected chi connectivity index (χ4v) is 3.32. The monoisotopic (exact) mass is 380 g/mol. The van der Waals surface area contributed by atoms with Gasteiger partial charge in [-0.15, -0.1) is 0 Å². The first kappa shape index (κ1) is 17.8. The lowest BCUT2D eigenvalue weighted by Crippen LogP contribution is -2.26. The van der Waals surface area contributed by atoms with Gasteiger partial charge in [-0.05, 0) is 36.2 Å². The van der Waals surface area contributed by atoms with Crippen LogP contribution in [0.1, 0.15) is 28.3 Å². The molecule has 0 unspecified atom stereocenters. The Balaban J connectivity index is 1.52. The summed E-state index contributed by atoms with van der Waals surface area (Å²) in [7, 11) is 1.71. The van der Waals surface area contributed by atoms with Crippen molar-refractivity contribution in [3.8, 4) is 11.3 Å². The molecule has 2 atom stereocenters. The van der Waals surface area contributed by atoms with Crippen LogP contribution in [0.2, 0.25) is 0 Å². The van der Waals surface area contributed by atoms with E-state index >= 15 is 0 Å². The van der Waals surface area contributed by atoms with E-state index in [1.807, 2.05) is 6.07 Å². The second-order valence-corrected chi connectivity index (χ2v) is 6.85. The van der Waals surface area contributed by atoms with E-state index in [2.05, 4.69) is 10.4 Å². The number of hydrogen-bond acceptors (Lipinski definition) is 4. The number of amides is 1. The van der Waals surface area contributed by atoms with Crippen LogP contribution in [0.3, 0.4) is 0 Å². The molecule has 0 saturated heterocycles. The molecule has 4 rings (SSSR count). The van der Waals surface area contributed by atoms with Crippen LogP contribution in [0.4, 0.5) is 10.1 Å². The maximum Gasteiger partial charge on any atom is 0.269 e. The molecule has 0 bridgehead atoms. The lowest BCUT2D eigenvalue weighted by Gasteiger charge is -2.06. The molecule has 1 amide bonds. The van der Waals surface area contributed by atoms with Crippen LogP contribution < -0.4 is 5.32 Å². The highest BCUT2D eigenvalue weighted by Gasteiger charge is 2.40. The van der Waals surface area contributed by atoms with E-state index in [0.717, 1.165) is 12.0 Å². The Morgan fingerprint density at radius 3 is 2.71 bits per heavy atom. The summed E-state index contributed by atoms with van der Waals surface area (Å²) in [6.45, 7) is 0. The minimum absolute atomic E-state index is 0.0263. The number of nitrogens with one attached hydrogen (secondary N) is 1. The van der Waals surface area contributed by atoms with Crippen LogP contribution >= 0.6 is 0 Å². The van der Waals surface area contributed by atoms with Crippen molar-refractivity contribution in [1.82, 2.24) is 15.1 Å². The lowest BCUT2D eigenvalue weighted by atomic mass is 10.1. The number of halogens is 1. The van der Waals surface area contributed by atoms with Gasteiger partial charge >= 0.3 is 0 Å². The standard InChI is InChI=1S/C20H17FN4O3/c1-24-11-17(19(23-24)12-5-7-15(8-6-12)25(27)28)20(26)22-18-10-16(18)13-3-2-4-14(21)9-13/h2-9,11,16,18H,10H2,1H3,(H,22,26)/t16-,18-/m0/s1. The van der Waals surface area contributed by atoms with Gasteiger partial charge in [-0.25, -0.2) is 4.39 Å². The second kappa shape index (κ2) is 6.88. The van der Waals surface area contributed by atoms with Gasteiger partial charge in [0.1, 0.15) is 11.5 Å². The molecule has 0 aliphatic heterocycles. The topological polar surface area (TPSA) is 90.1 Å². The summed E-state index contributed by atoms with van der Waals surface area (Å²) in [6, 6.07) is 12.3. The van der Waals surface area contributed by atoms with Crippen LogP contribution in [-0.4, -0.2) is 26.7 Å². The summed E-state index contributed by atoms with van der Waals surface area (Å²) in [5.74, 6) is -0.466. The van der Waals surface area contributed by atoms with Gasteiger partial charge in [0.25, 0.3) is 11.6 Å². The number of nitrogens with zero attached hydrogens (tertiary/aromatic N) is 3. The fourth-order valence-electron chi connectivity index (χ4n) is 3.32. The van der Waals surface area contributed by atoms with Crippen molar-refractivity contribution in [2.75, 3.05) is 0 Å². The average molecular weight is 380 g/mol. The van der Waals surface area contributed by atoms with Gasteiger partial charge in [-0.1, -0.05) is 12.1 Å². The summed E-state index contributed by atoms with van der Waals surface area (Å²) in [6.07, 6.45) is 2.37. The molecule has 7 nitrogen and oxygen atoms in total. The zero-order valence-corrected chi connectivity index (χ0v) is 15.0. The molecule has 28 heavy (non-hydrogen) atoms. The van der Waals surface area contributed by atoms with Crippen molar-refractivity contribution in [2.24, 2.45) is 7.05 Å². The summed E-state index contributed by atoms with van der Waals surface area (Å²) >= 11 is 0. The number of aryl methyl sites for hydroxylation is 1. The number of hydrogen-bond donors (Lipinski definition) is 1. The maximum atomic E-state index is 13.4. The Morgan fingerprint density at radius 2 is 2.04 bits per heavy atom. The quantitative estimate of drug-likeness (QED) is 0.542. The van der Waals surface area contributed by atoms with Crippen LogP contribution in [0.5, 0.6) is 0 Å². The Bertz CT molecular complexity index is 1060. The van der Waals surface area contributed by atoms with Gasteiger partial charge in [0.05, 0.1) is 10.5 Å². The smallest absolute Gasteiger partial charge is 0.269 e. The molecule has 0 spiro atoms. The fraction of sp³-hybridized carbons (Fsp3) is 0.200. The van der Waals surface area contributed by atoms with Crippen LogP contribution in [-0.2, 0) is 7.05 Å². The van der Waals surface area contributed by atoms with Gasteiger partial charge in [0.15, 0.2) is 0 Å². The molecule has 1 aliphatic rings. The zero-order valence-electron chi connectivity index (χ0n) is 15.0. The van der Waals surface area contributed by atoms with Gasteiger partial charge < -0.3 is 5.32 Å². The molecule has 2 aromatic carbocycles. The summed E-state index contributed by atoms with van der Waals surface area (Å²) in [5.41, 5.74) is 2.31. The minimum Gasteiger partial charge on any atom is -0.349 e. The number of nitro benzene ring substituents is 1. The third kappa shape index (κ3) is 3.48. The van der Waals surface area contributed by atoms with Crippen molar-refractivity contribution in [2.45, 2.75) is 18.4 Å². The van der Waals surface area contributed by atoms with Crippen LogP contribution in [0, 0.1) is 15.9 Å². The molecular formula is C20H17FN4O3. The normalized spacial score (nSPS) is 17.9. The molecule has 1 N–H and O–H groups in total. The van der Waals surface area contributed by atoms with Gasteiger partial charge in [0, 0.05) is 42.9 Å². The molecule has 142 valence electrons. The molecule has 1 heterocycles. The number of carbonyl (C=O) groups is 1. The molecule has 1 aliphatic carbocycles. The minimum atomic E-state index is -0.477. The summed E-state index contributed by atoms with van der Waals surface area (Å²) in [5, 5.41) is 18.1. The maximum absolute atomic E-state index is 13.4. The first-order valence-electron chi connectivity index (χ1n) is 8.77. The zero-order chi connectivity index (χ0) is 19.8. The molecule has 8 heteroatoms. The summed E-state index contributed by atoms with van der Waals surface area (Å²) < 4.78 is 14.9. The Hall–Kier alpha value is -3.55. The molecule has 1 aromatic heterocycles. The van der Waals surface area contributed by atoms with E-state index in [1.165, 1.54) is 28.9 Å². The highest BCUT2D eigenvalue weighted by molar-refractivity contribution is 6.00. The summed E-state index contributed by atoms with van der Waals surface area (Å²) in [4.78, 5) is 23.1. The van der Waals surface area contributed by atoms with Gasteiger partial charge in [0.2, 0.25) is 0 Å². The van der Waals surface area contributed by atoms with E-state index in [0.29, 0.717) is 16.8 Å². The predicted molar refractivity (Wildman–Crippen MR) is 100 cm³/mol. The van der Waals surface area contributed by atoms with Crippen molar-refractivity contribution < 1.29 is 14.1 Å².